The molecule has 0 saturated heterocycles. The highest BCUT2D eigenvalue weighted by molar-refractivity contribution is 5.87. The third-order valence-corrected chi connectivity index (χ3v) is 3.83. The number of esters is 1. The van der Waals surface area contributed by atoms with Crippen LogP contribution in [0.25, 0.3) is 0 Å². The van der Waals surface area contributed by atoms with E-state index < -0.39 is 0 Å². The number of hydrogen-bond acceptors (Lipinski definition) is 2. The molecule has 1 atom stereocenters. The maximum atomic E-state index is 12.1. The van der Waals surface area contributed by atoms with Crippen molar-refractivity contribution in [2.24, 2.45) is 0 Å². The van der Waals surface area contributed by atoms with Gasteiger partial charge in [-0.2, -0.15) is 0 Å². The van der Waals surface area contributed by atoms with Crippen LogP contribution in [0.4, 0.5) is 0 Å². The van der Waals surface area contributed by atoms with Crippen LogP contribution in [-0.2, 0) is 9.53 Å². The lowest BCUT2D eigenvalue weighted by Gasteiger charge is -2.25. The summed E-state index contributed by atoms with van der Waals surface area (Å²) in [4.78, 5) is 12.1. The van der Waals surface area contributed by atoms with E-state index in [0.717, 1.165) is 11.1 Å². The quantitative estimate of drug-likeness (QED) is 0.589. The molecule has 1 unspecified atom stereocenters. The number of carbonyl (C=O) groups is 1. The molecule has 0 bridgehead atoms. The minimum absolute atomic E-state index is 0.0241. The lowest BCUT2D eigenvalue weighted by atomic mass is 9.87. The molecule has 114 valence electrons. The number of carbonyl (C=O) groups excluding carboxylic acids is 1. The summed E-state index contributed by atoms with van der Waals surface area (Å²) in [7, 11) is 0. The molecule has 0 radical (unpaired) electrons. The zero-order valence-electron chi connectivity index (χ0n) is 13.3. The summed E-state index contributed by atoms with van der Waals surface area (Å²) in [6, 6.07) is 20.3. The van der Waals surface area contributed by atoms with Gasteiger partial charge in [-0.1, -0.05) is 66.7 Å². The molecule has 0 amide bonds. The highest BCUT2D eigenvalue weighted by Crippen LogP contribution is 2.30. The Kier molecular flexibility index (Phi) is 5.54. The van der Waals surface area contributed by atoms with E-state index in [1.807, 2.05) is 50.2 Å². The van der Waals surface area contributed by atoms with Crippen molar-refractivity contribution in [3.8, 4) is 0 Å². The maximum absolute atomic E-state index is 12.1. The maximum Gasteiger partial charge on any atom is 0.333 e. The Morgan fingerprint density at radius 3 is 1.82 bits per heavy atom. The van der Waals surface area contributed by atoms with E-state index >= 15 is 0 Å². The van der Waals surface area contributed by atoms with Crippen LogP contribution in [0.5, 0.6) is 0 Å². The van der Waals surface area contributed by atoms with Crippen molar-refractivity contribution in [2.75, 3.05) is 0 Å². The monoisotopic (exact) mass is 294 g/mol. The van der Waals surface area contributed by atoms with Gasteiger partial charge in [0.25, 0.3) is 0 Å². The Bertz CT molecular complexity index is 590. The second-order valence-corrected chi connectivity index (χ2v) is 5.38. The second kappa shape index (κ2) is 7.60. The third-order valence-electron chi connectivity index (χ3n) is 3.83. The fraction of sp³-hybridized carbons (Fsp3) is 0.250. The minimum Gasteiger partial charge on any atom is -0.458 e. The largest absolute Gasteiger partial charge is 0.458 e. The second-order valence-electron chi connectivity index (χ2n) is 5.38. The van der Waals surface area contributed by atoms with Gasteiger partial charge >= 0.3 is 5.97 Å². The van der Waals surface area contributed by atoms with Gasteiger partial charge in [0.2, 0.25) is 0 Å². The molecule has 2 heteroatoms. The first-order chi connectivity index (χ1) is 10.6. The SMILES string of the molecule is CC=C(C)C(=O)OC(C)C(c1ccccc1)c1ccccc1. The molecule has 0 saturated carbocycles. The van der Waals surface area contributed by atoms with Crippen molar-refractivity contribution in [3.63, 3.8) is 0 Å². The van der Waals surface area contributed by atoms with Crippen molar-refractivity contribution < 1.29 is 9.53 Å². The molecule has 0 fully saturated rings. The average Bonchev–Trinajstić information content (AvgIpc) is 2.56. The molecule has 22 heavy (non-hydrogen) atoms. The van der Waals surface area contributed by atoms with Crippen LogP contribution in [-0.4, -0.2) is 12.1 Å². The fourth-order valence-corrected chi connectivity index (χ4v) is 2.50. The number of benzene rings is 2. The standard InChI is InChI=1S/C20H22O2/c1-4-15(2)20(21)22-16(3)19(17-11-7-5-8-12-17)18-13-9-6-10-14-18/h4-14,16,19H,1-3H3. The zero-order chi connectivity index (χ0) is 15.9. The van der Waals surface area contributed by atoms with E-state index in [1.54, 1.807) is 13.0 Å². The molecule has 2 aromatic rings. The minimum atomic E-state index is -0.258. The van der Waals surface area contributed by atoms with Gasteiger partial charge in [0.1, 0.15) is 6.10 Å². The van der Waals surface area contributed by atoms with Gasteiger partial charge in [-0.3, -0.25) is 0 Å². The summed E-state index contributed by atoms with van der Waals surface area (Å²) in [5.41, 5.74) is 2.92. The summed E-state index contributed by atoms with van der Waals surface area (Å²) in [6.07, 6.45) is 1.53. The normalized spacial score (nSPS) is 13.0. The molecule has 0 spiro atoms. The van der Waals surface area contributed by atoms with Gasteiger partial charge in [0.15, 0.2) is 0 Å². The van der Waals surface area contributed by atoms with Gasteiger partial charge in [0.05, 0.1) is 0 Å². The fourth-order valence-electron chi connectivity index (χ4n) is 2.50. The van der Waals surface area contributed by atoms with Crippen LogP contribution < -0.4 is 0 Å². The molecule has 0 aromatic heterocycles. The number of hydrogen-bond donors (Lipinski definition) is 0. The van der Waals surface area contributed by atoms with Crippen LogP contribution in [0.2, 0.25) is 0 Å². The molecular weight excluding hydrogens is 272 g/mol. The predicted octanol–water partition coefficient (Wildman–Crippen LogP) is 4.72. The lowest BCUT2D eigenvalue weighted by molar-refractivity contribution is -0.144. The molecule has 0 N–H and O–H groups in total. The summed E-state index contributed by atoms with van der Waals surface area (Å²) in [5.74, 6) is -0.233. The summed E-state index contributed by atoms with van der Waals surface area (Å²) < 4.78 is 5.67. The Balaban J connectivity index is 2.31. The molecule has 0 heterocycles. The Labute approximate surface area is 132 Å². The first-order valence-corrected chi connectivity index (χ1v) is 7.57. The van der Waals surface area contributed by atoms with E-state index in [2.05, 4.69) is 24.3 Å². The van der Waals surface area contributed by atoms with Gasteiger partial charge in [-0.15, -0.1) is 0 Å². The highest BCUT2D eigenvalue weighted by atomic mass is 16.5. The number of ether oxygens (including phenoxy) is 1. The van der Waals surface area contributed by atoms with Crippen LogP contribution in [0.1, 0.15) is 37.8 Å². The Hall–Kier alpha value is -2.35. The molecule has 2 rings (SSSR count). The lowest BCUT2D eigenvalue weighted by Crippen LogP contribution is -2.24. The first-order valence-electron chi connectivity index (χ1n) is 7.57. The number of rotatable bonds is 5. The van der Waals surface area contributed by atoms with Crippen LogP contribution >= 0.6 is 0 Å². The van der Waals surface area contributed by atoms with Crippen molar-refractivity contribution in [3.05, 3.63) is 83.4 Å². The summed E-state index contributed by atoms with van der Waals surface area (Å²) in [5, 5.41) is 0. The van der Waals surface area contributed by atoms with Crippen molar-refractivity contribution in [2.45, 2.75) is 32.8 Å². The first kappa shape index (κ1) is 16.0. The Morgan fingerprint density at radius 1 is 0.955 bits per heavy atom. The van der Waals surface area contributed by atoms with E-state index in [4.69, 9.17) is 4.74 Å². The highest BCUT2D eigenvalue weighted by Gasteiger charge is 2.24. The van der Waals surface area contributed by atoms with E-state index in [-0.39, 0.29) is 18.0 Å². The molecule has 2 aromatic carbocycles. The molecule has 0 aliphatic rings. The van der Waals surface area contributed by atoms with Crippen LogP contribution in [0, 0.1) is 0 Å². The van der Waals surface area contributed by atoms with Crippen LogP contribution in [0.15, 0.2) is 72.3 Å². The van der Waals surface area contributed by atoms with E-state index in [9.17, 15) is 4.79 Å². The Morgan fingerprint density at radius 2 is 1.41 bits per heavy atom. The van der Waals surface area contributed by atoms with Gasteiger partial charge in [-0.25, -0.2) is 4.79 Å². The smallest absolute Gasteiger partial charge is 0.333 e. The molecule has 0 aliphatic carbocycles. The van der Waals surface area contributed by atoms with Crippen molar-refractivity contribution in [1.29, 1.82) is 0 Å². The zero-order valence-corrected chi connectivity index (χ0v) is 13.3. The average molecular weight is 294 g/mol. The van der Waals surface area contributed by atoms with Crippen molar-refractivity contribution in [1.82, 2.24) is 0 Å². The van der Waals surface area contributed by atoms with Crippen molar-refractivity contribution >= 4 is 5.97 Å². The van der Waals surface area contributed by atoms with Gasteiger partial charge in [-0.05, 0) is 31.9 Å². The molecule has 2 nitrogen and oxygen atoms in total. The van der Waals surface area contributed by atoms with Gasteiger partial charge in [0, 0.05) is 11.5 Å². The van der Waals surface area contributed by atoms with Gasteiger partial charge < -0.3 is 4.74 Å². The predicted molar refractivity (Wildman–Crippen MR) is 89.7 cm³/mol. The van der Waals surface area contributed by atoms with E-state index in [0.29, 0.717) is 5.57 Å². The molecular formula is C20H22O2. The summed E-state index contributed by atoms with van der Waals surface area (Å²) >= 11 is 0. The summed E-state index contributed by atoms with van der Waals surface area (Å²) in [6.45, 7) is 5.56. The number of allylic oxidation sites excluding steroid dienone is 1. The topological polar surface area (TPSA) is 26.3 Å². The van der Waals surface area contributed by atoms with Crippen LogP contribution in [0.3, 0.4) is 0 Å². The molecule has 0 aliphatic heterocycles. The third kappa shape index (κ3) is 3.85. The van der Waals surface area contributed by atoms with E-state index in [1.165, 1.54) is 0 Å².